The number of rotatable bonds is 8. The van der Waals surface area contributed by atoms with E-state index < -0.39 is 24.1 Å². The second-order valence-corrected chi connectivity index (χ2v) is 6.29. The van der Waals surface area contributed by atoms with Gasteiger partial charge in [0.1, 0.15) is 17.3 Å². The molecule has 1 atom stereocenters. The highest BCUT2D eigenvalue weighted by Gasteiger charge is 2.31. The summed E-state index contributed by atoms with van der Waals surface area (Å²) in [6, 6.07) is 8.22. The van der Waals surface area contributed by atoms with Gasteiger partial charge in [-0.25, -0.2) is 4.39 Å². The van der Waals surface area contributed by atoms with E-state index in [1.807, 2.05) is 0 Å². The van der Waals surface area contributed by atoms with E-state index in [0.717, 1.165) is 18.2 Å². The van der Waals surface area contributed by atoms with E-state index >= 15 is 0 Å². The highest BCUT2D eigenvalue weighted by Crippen LogP contribution is 2.25. The molecule has 1 unspecified atom stereocenters. The van der Waals surface area contributed by atoms with Crippen LogP contribution < -0.4 is 14.8 Å². The molecule has 0 saturated carbocycles. The Morgan fingerprint density at radius 3 is 2.32 bits per heavy atom. The molecule has 1 N–H and O–H groups in total. The Labute approximate surface area is 168 Å². The smallest absolute Gasteiger partial charge is 0.494 e. The zero-order valence-electron chi connectivity index (χ0n) is 14.2. The molecular weight excluding hydrogens is 425 g/mol. The number of amides is 1. The fourth-order valence-corrected chi connectivity index (χ4v) is 2.70. The number of halogens is 6. The van der Waals surface area contributed by atoms with Crippen molar-refractivity contribution in [2.45, 2.75) is 18.8 Å². The van der Waals surface area contributed by atoms with Gasteiger partial charge in [0.15, 0.2) is 0 Å². The van der Waals surface area contributed by atoms with Crippen LogP contribution in [-0.4, -0.2) is 30.8 Å². The number of benzene rings is 2. The zero-order chi connectivity index (χ0) is 20.7. The molecule has 0 radical (unpaired) electrons. The molecule has 0 heterocycles. The average Bonchev–Trinajstić information content (AvgIpc) is 2.61. The Morgan fingerprint density at radius 2 is 1.75 bits per heavy atom. The van der Waals surface area contributed by atoms with Gasteiger partial charge in [0.25, 0.3) is 5.91 Å². The van der Waals surface area contributed by atoms with Crippen LogP contribution in [0.3, 0.4) is 0 Å². The van der Waals surface area contributed by atoms with E-state index in [4.69, 9.17) is 27.9 Å². The van der Waals surface area contributed by atoms with Gasteiger partial charge >= 0.3 is 6.36 Å². The molecular formula is C18H15Cl2F4NO3. The highest BCUT2D eigenvalue weighted by atomic mass is 35.5. The number of alkyl halides is 4. The lowest BCUT2D eigenvalue weighted by molar-refractivity contribution is -0.274. The molecule has 1 amide bonds. The minimum atomic E-state index is -4.77. The molecule has 0 bridgehead atoms. The quantitative estimate of drug-likeness (QED) is 0.455. The van der Waals surface area contributed by atoms with Crippen LogP contribution in [0.5, 0.6) is 11.5 Å². The SMILES string of the molecule is O=C(NC(CCl)CCOc1ccc(OC(F)(F)F)cc1)c1c(F)cccc1Cl. The van der Waals surface area contributed by atoms with Crippen molar-refractivity contribution < 1.29 is 31.8 Å². The number of carbonyl (C=O) groups excluding carboxylic acids is 1. The molecule has 152 valence electrons. The Balaban J connectivity index is 1.86. The third-order valence-electron chi connectivity index (χ3n) is 3.50. The first-order chi connectivity index (χ1) is 13.2. The molecule has 2 rings (SSSR count). The van der Waals surface area contributed by atoms with Crippen LogP contribution in [0.1, 0.15) is 16.8 Å². The summed E-state index contributed by atoms with van der Waals surface area (Å²) in [4.78, 5) is 12.2. The third-order valence-corrected chi connectivity index (χ3v) is 4.19. The summed E-state index contributed by atoms with van der Waals surface area (Å²) in [6.07, 6.45) is -4.49. The lowest BCUT2D eigenvalue weighted by Gasteiger charge is -2.17. The van der Waals surface area contributed by atoms with Gasteiger partial charge in [0.05, 0.1) is 17.2 Å². The van der Waals surface area contributed by atoms with E-state index in [9.17, 15) is 22.4 Å². The predicted octanol–water partition coefficient (Wildman–Crippen LogP) is 5.18. The van der Waals surface area contributed by atoms with E-state index in [2.05, 4.69) is 10.1 Å². The first-order valence-corrected chi connectivity index (χ1v) is 8.90. The molecule has 2 aromatic carbocycles. The molecule has 10 heteroatoms. The summed E-state index contributed by atoms with van der Waals surface area (Å²) in [5.74, 6) is -1.48. The standard InChI is InChI=1S/C18H15Cl2F4NO3/c19-10-11(25-17(26)16-14(20)2-1-3-15(16)21)8-9-27-12-4-6-13(7-5-12)28-18(22,23)24/h1-7,11H,8-10H2,(H,25,26). The second kappa shape index (κ2) is 9.84. The fraction of sp³-hybridized carbons (Fsp3) is 0.278. The maximum absolute atomic E-state index is 13.8. The summed E-state index contributed by atoms with van der Waals surface area (Å²) < 4.78 is 59.3. The fourth-order valence-electron chi connectivity index (χ4n) is 2.22. The van der Waals surface area contributed by atoms with Crippen LogP contribution in [0, 0.1) is 5.82 Å². The van der Waals surface area contributed by atoms with Gasteiger partial charge in [-0.15, -0.1) is 24.8 Å². The van der Waals surface area contributed by atoms with Gasteiger partial charge in [-0.05, 0) is 36.4 Å². The van der Waals surface area contributed by atoms with Gasteiger partial charge in [-0.2, -0.15) is 0 Å². The maximum Gasteiger partial charge on any atom is 0.573 e. The van der Waals surface area contributed by atoms with Crippen molar-refractivity contribution in [3.63, 3.8) is 0 Å². The van der Waals surface area contributed by atoms with Crippen LogP contribution in [-0.2, 0) is 0 Å². The van der Waals surface area contributed by atoms with E-state index in [-0.39, 0.29) is 35.2 Å². The molecule has 0 aliphatic carbocycles. The Kier molecular flexibility index (Phi) is 7.77. The molecule has 0 fully saturated rings. The van der Waals surface area contributed by atoms with Crippen molar-refractivity contribution in [3.8, 4) is 11.5 Å². The molecule has 0 aromatic heterocycles. The van der Waals surface area contributed by atoms with Crippen molar-refractivity contribution in [3.05, 3.63) is 58.9 Å². The first kappa shape index (κ1) is 22.1. The van der Waals surface area contributed by atoms with Crippen LogP contribution >= 0.6 is 23.2 Å². The molecule has 0 saturated heterocycles. The maximum atomic E-state index is 13.8. The third kappa shape index (κ3) is 6.76. The van der Waals surface area contributed by atoms with Crippen molar-refractivity contribution in [1.82, 2.24) is 5.32 Å². The minimum absolute atomic E-state index is 0.0248. The molecule has 28 heavy (non-hydrogen) atoms. The topological polar surface area (TPSA) is 47.6 Å². The van der Waals surface area contributed by atoms with Crippen molar-refractivity contribution in [2.24, 2.45) is 0 Å². The van der Waals surface area contributed by atoms with Crippen LogP contribution in [0.4, 0.5) is 17.6 Å². The van der Waals surface area contributed by atoms with Gasteiger partial charge < -0.3 is 14.8 Å². The zero-order valence-corrected chi connectivity index (χ0v) is 15.7. The van der Waals surface area contributed by atoms with Crippen molar-refractivity contribution in [2.75, 3.05) is 12.5 Å². The van der Waals surface area contributed by atoms with Crippen LogP contribution in [0.15, 0.2) is 42.5 Å². The summed E-state index contributed by atoms with van der Waals surface area (Å²) in [7, 11) is 0. The van der Waals surface area contributed by atoms with Gasteiger partial charge in [0.2, 0.25) is 0 Å². The van der Waals surface area contributed by atoms with Gasteiger partial charge in [-0.1, -0.05) is 17.7 Å². The van der Waals surface area contributed by atoms with Gasteiger partial charge in [-0.3, -0.25) is 4.79 Å². The Morgan fingerprint density at radius 1 is 1.11 bits per heavy atom. The molecule has 0 aliphatic heterocycles. The van der Waals surface area contributed by atoms with Crippen molar-refractivity contribution in [1.29, 1.82) is 0 Å². The highest BCUT2D eigenvalue weighted by molar-refractivity contribution is 6.33. The first-order valence-electron chi connectivity index (χ1n) is 7.99. The lowest BCUT2D eigenvalue weighted by Crippen LogP contribution is -2.37. The summed E-state index contributed by atoms with van der Waals surface area (Å²) in [5, 5.41) is 2.54. The van der Waals surface area contributed by atoms with Crippen LogP contribution in [0.25, 0.3) is 0 Å². The van der Waals surface area contributed by atoms with E-state index in [1.54, 1.807) is 0 Å². The van der Waals surface area contributed by atoms with Crippen LogP contribution in [0.2, 0.25) is 5.02 Å². The molecule has 0 aliphatic rings. The number of hydrogen-bond donors (Lipinski definition) is 1. The minimum Gasteiger partial charge on any atom is -0.494 e. The Bertz CT molecular complexity index is 780. The normalized spacial score (nSPS) is 12.4. The summed E-state index contributed by atoms with van der Waals surface area (Å²) in [5.41, 5.74) is -0.277. The number of carbonyl (C=O) groups is 1. The molecule has 2 aromatic rings. The predicted molar refractivity (Wildman–Crippen MR) is 96.6 cm³/mol. The number of nitrogens with one attached hydrogen (secondary N) is 1. The van der Waals surface area contributed by atoms with E-state index in [0.29, 0.717) is 5.75 Å². The summed E-state index contributed by atoms with van der Waals surface area (Å²) >= 11 is 11.7. The summed E-state index contributed by atoms with van der Waals surface area (Å²) in [6.45, 7) is 0.113. The van der Waals surface area contributed by atoms with Crippen molar-refractivity contribution >= 4 is 29.1 Å². The monoisotopic (exact) mass is 439 g/mol. The van der Waals surface area contributed by atoms with Gasteiger partial charge in [0, 0.05) is 18.3 Å². The molecule has 0 spiro atoms. The largest absolute Gasteiger partial charge is 0.573 e. The second-order valence-electron chi connectivity index (χ2n) is 5.58. The number of hydrogen-bond acceptors (Lipinski definition) is 3. The Hall–Kier alpha value is -2.19. The molecule has 4 nitrogen and oxygen atoms in total. The number of ether oxygens (including phenoxy) is 2. The lowest BCUT2D eigenvalue weighted by atomic mass is 10.1. The average molecular weight is 440 g/mol. The van der Waals surface area contributed by atoms with E-state index in [1.165, 1.54) is 24.3 Å².